The lowest BCUT2D eigenvalue weighted by molar-refractivity contribution is 0.218. The van der Waals surface area contributed by atoms with Crippen molar-refractivity contribution in [2.75, 3.05) is 0 Å². The molecule has 0 heterocycles. The Morgan fingerprint density at radius 3 is 1.41 bits per heavy atom. The second kappa shape index (κ2) is 7.78. The van der Waals surface area contributed by atoms with Crippen LogP contribution >= 0.6 is 7.80 Å². The molecule has 22 heavy (non-hydrogen) atoms. The first-order valence-corrected chi connectivity index (χ1v) is 11.2. The molecule has 0 radical (unpaired) electrons. The van der Waals surface area contributed by atoms with Crippen LogP contribution < -0.4 is 0 Å². The van der Waals surface area contributed by atoms with Crippen molar-refractivity contribution in [1.29, 1.82) is 0 Å². The highest BCUT2D eigenvalue weighted by Crippen LogP contribution is 2.55. The Morgan fingerprint density at radius 1 is 0.727 bits per heavy atom. The predicted octanol–water partition coefficient (Wildman–Crippen LogP) is 6.74. The van der Waals surface area contributed by atoms with Crippen molar-refractivity contribution in [3.8, 4) is 0 Å². The zero-order valence-corrected chi connectivity index (χ0v) is 16.6. The van der Waals surface area contributed by atoms with Crippen LogP contribution in [0.25, 0.3) is 0 Å². The minimum absolute atomic E-state index is 0.496. The van der Waals surface area contributed by atoms with Crippen molar-refractivity contribution in [2.45, 2.75) is 91.4 Å². The van der Waals surface area contributed by atoms with E-state index in [-0.39, 0.29) is 0 Å². The molecule has 6 unspecified atom stereocenters. The first-order valence-electron chi connectivity index (χ1n) is 9.76. The van der Waals surface area contributed by atoms with Crippen LogP contribution in [0.3, 0.4) is 0 Å². The van der Waals surface area contributed by atoms with Gasteiger partial charge in [0.15, 0.2) is 11.3 Å². The molecule has 2 fully saturated rings. The van der Waals surface area contributed by atoms with Gasteiger partial charge in [-0.3, -0.25) is 0 Å². The largest absolute Gasteiger partial charge is 0.345 e. The third-order valence-electron chi connectivity index (χ3n) is 6.63. The van der Waals surface area contributed by atoms with Gasteiger partial charge in [0.2, 0.25) is 0 Å². The molecule has 0 N–H and O–H groups in total. The van der Waals surface area contributed by atoms with E-state index in [1.807, 2.05) is 0 Å². The van der Waals surface area contributed by atoms with Gasteiger partial charge in [-0.05, 0) is 49.4 Å². The van der Waals surface area contributed by atoms with Crippen molar-refractivity contribution in [2.24, 2.45) is 35.5 Å². The number of hydrogen-bond acceptors (Lipinski definition) is 1. The van der Waals surface area contributed by atoms with Crippen LogP contribution in [0.4, 0.5) is 0 Å². The Bertz CT molecular complexity index is 342. The molecule has 2 saturated carbocycles. The summed E-state index contributed by atoms with van der Waals surface area (Å²) in [6, 6.07) is 0. The maximum absolute atomic E-state index is 13.6. The normalized spacial score (nSPS) is 41.0. The van der Waals surface area contributed by atoms with Crippen LogP contribution in [0, 0.1) is 35.5 Å². The Labute approximate surface area is 139 Å². The van der Waals surface area contributed by atoms with Gasteiger partial charge < -0.3 is 0 Å². The average Bonchev–Trinajstić information content (AvgIpc) is 2.45. The number of hydrogen-bond donors (Lipinski definition) is 0. The molecule has 2 aliphatic carbocycles. The van der Waals surface area contributed by atoms with Gasteiger partial charge in [0.05, 0.1) is 0 Å². The fraction of sp³-hybridized carbons (Fsp3) is 1.00. The van der Waals surface area contributed by atoms with E-state index in [1.165, 1.54) is 38.5 Å². The van der Waals surface area contributed by atoms with Gasteiger partial charge in [0, 0.05) is 11.8 Å². The third kappa shape index (κ3) is 4.14. The topological polar surface area (TPSA) is 17.1 Å². The van der Waals surface area contributed by atoms with E-state index >= 15 is 0 Å². The molecule has 0 saturated heterocycles. The Kier molecular flexibility index (Phi) is 6.52. The lowest BCUT2D eigenvalue weighted by atomic mass is 9.76. The fourth-order valence-electron chi connectivity index (χ4n) is 5.13. The molecule has 0 aromatic carbocycles. The molecule has 0 amide bonds. The summed E-state index contributed by atoms with van der Waals surface area (Å²) >= 11 is 0. The first kappa shape index (κ1) is 18.4. The van der Waals surface area contributed by atoms with Gasteiger partial charge in [-0.1, -0.05) is 58.9 Å². The minimum atomic E-state index is -1.06. The Hall–Kier alpha value is 0.100. The van der Waals surface area contributed by atoms with Crippen LogP contribution in [-0.2, 0) is 4.57 Å². The summed E-state index contributed by atoms with van der Waals surface area (Å²) in [6.07, 6.45) is 7.73. The highest BCUT2D eigenvalue weighted by Gasteiger charge is 2.51. The van der Waals surface area contributed by atoms with Gasteiger partial charge in [0.1, 0.15) is 0 Å². The molecule has 0 spiro atoms. The summed E-state index contributed by atoms with van der Waals surface area (Å²) in [4.78, 5) is 0. The maximum atomic E-state index is 13.6. The second-order valence-electron chi connectivity index (χ2n) is 9.15. The summed E-state index contributed by atoms with van der Waals surface area (Å²) in [6.45, 7) is 14.1. The Balaban J connectivity index is 2.18. The summed E-state index contributed by atoms with van der Waals surface area (Å²) < 4.78 is 13.6. The lowest BCUT2D eigenvalue weighted by Gasteiger charge is -2.36. The summed E-state index contributed by atoms with van der Waals surface area (Å²) in [5.41, 5.74) is 0.991. The first-order chi connectivity index (χ1) is 10.3. The van der Waals surface area contributed by atoms with Gasteiger partial charge in [-0.25, -0.2) is 0 Å². The predicted molar refractivity (Wildman–Crippen MR) is 97.9 cm³/mol. The van der Waals surface area contributed by atoms with Crippen molar-refractivity contribution in [3.05, 3.63) is 0 Å². The smallest absolute Gasteiger partial charge is 0.0742 e. The molecule has 6 atom stereocenters. The quantitative estimate of drug-likeness (QED) is 0.523. The summed E-state index contributed by atoms with van der Waals surface area (Å²) in [5.74, 6) is 4.33. The van der Waals surface area contributed by atoms with Crippen LogP contribution in [0.5, 0.6) is 0 Å². The van der Waals surface area contributed by atoms with Crippen molar-refractivity contribution >= 4 is 7.80 Å². The van der Waals surface area contributed by atoms with Crippen LogP contribution in [0.1, 0.15) is 80.1 Å². The van der Waals surface area contributed by atoms with E-state index in [0.717, 1.165) is 11.8 Å². The molecule has 0 aromatic rings. The zero-order chi connectivity index (χ0) is 16.4. The SMILES string of the molecule is CC1CCC(C(C)C)C([P+](=O)C2CC(C)CCC2C(C)C)C1. The molecular weight excluding hydrogens is 287 g/mol. The van der Waals surface area contributed by atoms with Gasteiger partial charge >= 0.3 is 7.80 Å². The molecule has 2 aliphatic rings. The van der Waals surface area contributed by atoms with Crippen LogP contribution in [0.2, 0.25) is 0 Å². The van der Waals surface area contributed by atoms with E-state index in [9.17, 15) is 4.57 Å². The number of rotatable bonds is 4. The molecule has 1 nitrogen and oxygen atoms in total. The monoisotopic (exact) mass is 325 g/mol. The molecular formula is C20H38OP+. The van der Waals surface area contributed by atoms with Crippen LogP contribution in [-0.4, -0.2) is 11.3 Å². The standard InChI is InChI=1S/C20H38OP/c1-13(2)17-9-7-15(5)11-19(17)22(21)20-12-16(6)8-10-18(20)14(3)4/h13-20H,7-12H2,1-6H3/q+1. The average molecular weight is 325 g/mol. The van der Waals surface area contributed by atoms with E-state index in [4.69, 9.17) is 0 Å². The molecule has 2 heteroatoms. The van der Waals surface area contributed by atoms with Gasteiger partial charge in [-0.15, -0.1) is 0 Å². The molecule has 0 aliphatic heterocycles. The zero-order valence-electron chi connectivity index (χ0n) is 15.7. The Morgan fingerprint density at radius 2 is 1.09 bits per heavy atom. The van der Waals surface area contributed by atoms with Crippen LogP contribution in [0.15, 0.2) is 0 Å². The highest BCUT2D eigenvalue weighted by molar-refractivity contribution is 7.46. The fourth-order valence-corrected chi connectivity index (χ4v) is 8.50. The van der Waals surface area contributed by atoms with Crippen molar-refractivity contribution in [1.82, 2.24) is 0 Å². The van der Waals surface area contributed by atoms with Gasteiger partial charge in [-0.2, -0.15) is 0 Å². The maximum Gasteiger partial charge on any atom is 0.345 e. The molecule has 128 valence electrons. The second-order valence-corrected chi connectivity index (χ2v) is 11.2. The van der Waals surface area contributed by atoms with Crippen molar-refractivity contribution < 1.29 is 4.57 Å². The molecule has 0 aromatic heterocycles. The molecule has 2 rings (SSSR count). The summed E-state index contributed by atoms with van der Waals surface area (Å²) in [7, 11) is -1.06. The van der Waals surface area contributed by atoms with Gasteiger partial charge in [0.25, 0.3) is 0 Å². The third-order valence-corrected chi connectivity index (χ3v) is 9.12. The summed E-state index contributed by atoms with van der Waals surface area (Å²) in [5, 5.41) is 0. The van der Waals surface area contributed by atoms with E-state index in [0.29, 0.717) is 35.0 Å². The lowest BCUT2D eigenvalue weighted by Crippen LogP contribution is -2.36. The van der Waals surface area contributed by atoms with E-state index in [1.54, 1.807) is 0 Å². The minimum Gasteiger partial charge on any atom is -0.0742 e. The van der Waals surface area contributed by atoms with E-state index < -0.39 is 7.80 Å². The van der Waals surface area contributed by atoms with E-state index in [2.05, 4.69) is 41.5 Å². The highest BCUT2D eigenvalue weighted by atomic mass is 31.1. The molecule has 0 bridgehead atoms. The van der Waals surface area contributed by atoms with Crippen molar-refractivity contribution in [3.63, 3.8) is 0 Å².